The van der Waals surface area contributed by atoms with Crippen LogP contribution in [0.3, 0.4) is 0 Å². The fourth-order valence-corrected chi connectivity index (χ4v) is 2.77. The number of benzene rings is 1. The molecule has 2 aromatic rings. The minimum atomic E-state index is -0.741. The highest BCUT2D eigenvalue weighted by Gasteiger charge is 2.32. The lowest BCUT2D eigenvalue weighted by atomic mass is 10.0. The fourth-order valence-electron chi connectivity index (χ4n) is 2.77. The Labute approximate surface area is 117 Å². The third kappa shape index (κ3) is 2.39. The van der Waals surface area contributed by atoms with Gasteiger partial charge < -0.3 is 14.6 Å². The second-order valence-electron chi connectivity index (χ2n) is 5.05. The van der Waals surface area contributed by atoms with Crippen molar-refractivity contribution >= 4 is 11.7 Å². The van der Waals surface area contributed by atoms with Gasteiger partial charge in [0.1, 0.15) is 5.92 Å². The van der Waals surface area contributed by atoms with Gasteiger partial charge in [-0.15, -0.1) is 0 Å². The van der Waals surface area contributed by atoms with Crippen molar-refractivity contribution in [2.24, 2.45) is 0 Å². The van der Waals surface area contributed by atoms with E-state index >= 15 is 0 Å². The first-order chi connectivity index (χ1) is 9.75. The molecule has 0 saturated carbocycles. The average Bonchev–Trinajstić information content (AvgIpc) is 3.07. The van der Waals surface area contributed by atoms with Crippen LogP contribution in [0.5, 0.6) is 0 Å². The first kappa shape index (κ1) is 12.7. The van der Waals surface area contributed by atoms with Gasteiger partial charge >= 0.3 is 5.97 Å². The lowest BCUT2D eigenvalue weighted by molar-refractivity contribution is -0.138. The van der Waals surface area contributed by atoms with E-state index in [4.69, 9.17) is 0 Å². The van der Waals surface area contributed by atoms with Gasteiger partial charge in [-0.3, -0.25) is 4.79 Å². The van der Waals surface area contributed by atoms with Gasteiger partial charge in [-0.05, 0) is 18.1 Å². The quantitative estimate of drug-likeness (QED) is 0.903. The zero-order chi connectivity index (χ0) is 13.9. The molecule has 1 aromatic carbocycles. The van der Waals surface area contributed by atoms with Crippen LogP contribution in [-0.4, -0.2) is 33.7 Å². The van der Waals surface area contributed by atoms with Crippen LogP contribution < -0.4 is 4.90 Å². The third-order valence-electron chi connectivity index (χ3n) is 3.76. The van der Waals surface area contributed by atoms with E-state index in [0.29, 0.717) is 6.54 Å². The molecule has 0 bridgehead atoms. The summed E-state index contributed by atoms with van der Waals surface area (Å²) >= 11 is 0. The van der Waals surface area contributed by atoms with E-state index in [9.17, 15) is 9.90 Å². The number of carbonyl (C=O) groups is 1. The van der Waals surface area contributed by atoms with Crippen molar-refractivity contribution in [2.75, 3.05) is 18.0 Å². The number of nitrogens with zero attached hydrogens (tertiary/aromatic N) is 3. The summed E-state index contributed by atoms with van der Waals surface area (Å²) < 4.78 is 2.04. The maximum absolute atomic E-state index is 11.3. The molecule has 5 nitrogen and oxygen atoms in total. The van der Waals surface area contributed by atoms with Gasteiger partial charge in [0, 0.05) is 37.7 Å². The van der Waals surface area contributed by atoms with E-state index in [1.54, 1.807) is 12.5 Å². The van der Waals surface area contributed by atoms with Crippen molar-refractivity contribution in [3.8, 4) is 0 Å². The molecule has 0 aliphatic carbocycles. The Kier molecular flexibility index (Phi) is 3.41. The van der Waals surface area contributed by atoms with Crippen LogP contribution in [0.2, 0.25) is 0 Å². The highest BCUT2D eigenvalue weighted by Crippen LogP contribution is 2.36. The summed E-state index contributed by atoms with van der Waals surface area (Å²) in [5, 5.41) is 9.31. The van der Waals surface area contributed by atoms with E-state index in [-0.39, 0.29) is 0 Å². The molecular weight excluding hydrogens is 254 g/mol. The molecule has 0 amide bonds. The van der Waals surface area contributed by atoms with Crippen molar-refractivity contribution < 1.29 is 9.90 Å². The molecule has 0 saturated heterocycles. The van der Waals surface area contributed by atoms with E-state index in [0.717, 1.165) is 30.8 Å². The minimum Gasteiger partial charge on any atom is -0.481 e. The van der Waals surface area contributed by atoms with Gasteiger partial charge in [0.05, 0.1) is 6.33 Å². The summed E-state index contributed by atoms with van der Waals surface area (Å²) in [4.78, 5) is 17.5. The Hall–Kier alpha value is -2.30. The van der Waals surface area contributed by atoms with Crippen molar-refractivity contribution in [3.63, 3.8) is 0 Å². The van der Waals surface area contributed by atoms with Crippen LogP contribution in [0.1, 0.15) is 17.9 Å². The maximum Gasteiger partial charge on any atom is 0.312 e. The van der Waals surface area contributed by atoms with Gasteiger partial charge in [0.25, 0.3) is 0 Å². The predicted molar refractivity (Wildman–Crippen MR) is 75.9 cm³/mol. The monoisotopic (exact) mass is 271 g/mol. The highest BCUT2D eigenvalue weighted by atomic mass is 16.4. The van der Waals surface area contributed by atoms with E-state index in [1.807, 2.05) is 35.0 Å². The molecule has 104 valence electrons. The molecule has 1 aliphatic rings. The van der Waals surface area contributed by atoms with Crippen LogP contribution >= 0.6 is 0 Å². The van der Waals surface area contributed by atoms with Crippen LogP contribution in [0.25, 0.3) is 0 Å². The number of aromatic nitrogens is 2. The topological polar surface area (TPSA) is 58.4 Å². The van der Waals surface area contributed by atoms with Crippen LogP contribution in [0.15, 0.2) is 43.0 Å². The summed E-state index contributed by atoms with van der Waals surface area (Å²) in [5.41, 5.74) is 1.99. The van der Waals surface area contributed by atoms with Crippen molar-refractivity contribution in [1.29, 1.82) is 0 Å². The number of carboxylic acid groups (broad SMARTS) is 1. The Balaban J connectivity index is 1.67. The van der Waals surface area contributed by atoms with Crippen LogP contribution in [0, 0.1) is 0 Å². The van der Waals surface area contributed by atoms with E-state index < -0.39 is 11.9 Å². The molecule has 1 unspecified atom stereocenters. The number of anilines is 1. The minimum absolute atomic E-state index is 0.403. The van der Waals surface area contributed by atoms with Gasteiger partial charge in [-0.25, -0.2) is 4.98 Å². The second-order valence-corrected chi connectivity index (χ2v) is 5.05. The number of carboxylic acids is 1. The number of rotatable bonds is 5. The predicted octanol–water partition coefficient (Wildman–Crippen LogP) is 1.96. The first-order valence-corrected chi connectivity index (χ1v) is 6.78. The average molecular weight is 271 g/mol. The summed E-state index contributed by atoms with van der Waals surface area (Å²) in [6.45, 7) is 2.33. The molecule has 1 atom stereocenters. The number of imidazole rings is 1. The second kappa shape index (κ2) is 5.36. The Morgan fingerprint density at radius 3 is 2.95 bits per heavy atom. The third-order valence-corrected chi connectivity index (χ3v) is 3.76. The van der Waals surface area contributed by atoms with Crippen LogP contribution in [0.4, 0.5) is 5.69 Å². The zero-order valence-electron chi connectivity index (χ0n) is 11.1. The number of para-hydroxylation sites is 1. The Morgan fingerprint density at radius 2 is 2.20 bits per heavy atom. The summed E-state index contributed by atoms with van der Waals surface area (Å²) in [6.07, 6.45) is 6.48. The number of hydrogen-bond acceptors (Lipinski definition) is 3. The molecule has 0 radical (unpaired) electrons. The van der Waals surface area contributed by atoms with Crippen molar-refractivity contribution in [3.05, 3.63) is 48.5 Å². The summed E-state index contributed by atoms with van der Waals surface area (Å²) in [7, 11) is 0. The maximum atomic E-state index is 11.3. The lowest BCUT2D eigenvalue weighted by Crippen LogP contribution is -2.26. The molecule has 2 heterocycles. The molecule has 1 aliphatic heterocycles. The zero-order valence-corrected chi connectivity index (χ0v) is 11.1. The Morgan fingerprint density at radius 1 is 1.35 bits per heavy atom. The molecule has 1 N–H and O–H groups in total. The normalized spacial score (nSPS) is 17.2. The highest BCUT2D eigenvalue weighted by molar-refractivity contribution is 5.82. The van der Waals surface area contributed by atoms with Crippen molar-refractivity contribution in [1.82, 2.24) is 9.55 Å². The largest absolute Gasteiger partial charge is 0.481 e. The fraction of sp³-hybridized carbons (Fsp3) is 0.333. The Bertz CT molecular complexity index is 595. The van der Waals surface area contributed by atoms with E-state index in [1.165, 1.54) is 0 Å². The number of aryl methyl sites for hydroxylation is 1. The smallest absolute Gasteiger partial charge is 0.312 e. The summed E-state index contributed by atoms with van der Waals surface area (Å²) in [5.74, 6) is -1.14. The lowest BCUT2D eigenvalue weighted by Gasteiger charge is -2.19. The molecule has 3 rings (SSSR count). The van der Waals surface area contributed by atoms with Gasteiger partial charge in [0.2, 0.25) is 0 Å². The van der Waals surface area contributed by atoms with Crippen molar-refractivity contribution in [2.45, 2.75) is 18.9 Å². The van der Waals surface area contributed by atoms with E-state index in [2.05, 4.69) is 9.88 Å². The summed E-state index contributed by atoms with van der Waals surface area (Å²) in [6, 6.07) is 7.80. The molecule has 1 aromatic heterocycles. The molecule has 0 fully saturated rings. The van der Waals surface area contributed by atoms with Gasteiger partial charge in [-0.1, -0.05) is 18.2 Å². The van der Waals surface area contributed by atoms with Crippen LogP contribution in [-0.2, 0) is 11.3 Å². The van der Waals surface area contributed by atoms with Gasteiger partial charge in [0.15, 0.2) is 0 Å². The SMILES string of the molecule is O=C(O)C1CN(CCCn2ccnc2)c2ccccc21. The van der Waals surface area contributed by atoms with Gasteiger partial charge in [-0.2, -0.15) is 0 Å². The molecule has 0 spiro atoms. The molecule has 20 heavy (non-hydrogen) atoms. The number of fused-ring (bicyclic) bond motifs is 1. The first-order valence-electron chi connectivity index (χ1n) is 6.78. The molecular formula is C15H17N3O2. The standard InChI is InChI=1S/C15H17N3O2/c19-15(20)13-10-18(14-5-2-1-4-12(13)14)8-3-7-17-9-6-16-11-17/h1-2,4-6,9,11,13H,3,7-8,10H2,(H,19,20). The number of hydrogen-bond donors (Lipinski definition) is 1. The molecule has 5 heteroatoms. The number of aliphatic carboxylic acids is 1.